The van der Waals surface area contributed by atoms with Crippen LogP contribution in [0.4, 0.5) is 0 Å². The Kier molecular flexibility index (Phi) is 2.40. The molecule has 1 saturated carbocycles. The molecule has 5 heteroatoms. The van der Waals surface area contributed by atoms with Gasteiger partial charge in [-0.1, -0.05) is 13.3 Å². The van der Waals surface area contributed by atoms with Crippen LogP contribution in [0.25, 0.3) is 11.2 Å². The van der Waals surface area contributed by atoms with Gasteiger partial charge in [-0.25, -0.2) is 4.68 Å². The second-order valence-electron chi connectivity index (χ2n) is 4.87. The van der Waals surface area contributed by atoms with Gasteiger partial charge in [-0.15, -0.1) is 0 Å². The van der Waals surface area contributed by atoms with Crippen LogP contribution in [0.2, 0.25) is 0 Å². The molecule has 17 heavy (non-hydrogen) atoms. The largest absolute Gasteiger partial charge is 0.328 e. The summed E-state index contributed by atoms with van der Waals surface area (Å²) in [7, 11) is 0. The summed E-state index contributed by atoms with van der Waals surface area (Å²) in [5.74, 6) is 0.793. The fourth-order valence-corrected chi connectivity index (χ4v) is 3.06. The number of aryl methyl sites for hydroxylation is 2. The molecular formula is C12H18N4S. The van der Waals surface area contributed by atoms with Gasteiger partial charge in [-0.3, -0.25) is 4.57 Å². The normalized spacial score (nSPS) is 23.5. The highest BCUT2D eigenvalue weighted by Crippen LogP contribution is 2.47. The second-order valence-corrected chi connectivity index (χ2v) is 5.26. The molecule has 2 aromatic rings. The van der Waals surface area contributed by atoms with Gasteiger partial charge in [0.15, 0.2) is 10.4 Å². The molecule has 2 heterocycles. The van der Waals surface area contributed by atoms with E-state index < -0.39 is 0 Å². The second kappa shape index (κ2) is 3.70. The van der Waals surface area contributed by atoms with Crippen molar-refractivity contribution in [2.45, 2.75) is 46.2 Å². The monoisotopic (exact) mass is 250 g/mol. The van der Waals surface area contributed by atoms with Crippen molar-refractivity contribution in [2.24, 2.45) is 5.92 Å². The fourth-order valence-electron chi connectivity index (χ4n) is 2.74. The average Bonchev–Trinajstić information content (AvgIpc) is 2.92. The predicted molar refractivity (Wildman–Crippen MR) is 70.8 cm³/mol. The summed E-state index contributed by atoms with van der Waals surface area (Å²) in [4.78, 5) is 3.31. The zero-order chi connectivity index (χ0) is 12.2. The molecule has 2 aromatic heterocycles. The third-order valence-corrected chi connectivity index (χ3v) is 4.12. The molecular weight excluding hydrogens is 232 g/mol. The Morgan fingerprint density at radius 3 is 2.82 bits per heavy atom. The maximum Gasteiger partial charge on any atom is 0.179 e. The molecule has 2 unspecified atom stereocenters. The number of hydrogen-bond donors (Lipinski definition) is 1. The minimum atomic E-state index is 0.586. The number of imidazole rings is 1. The molecule has 0 bridgehead atoms. The van der Waals surface area contributed by atoms with E-state index in [-0.39, 0.29) is 0 Å². The Balaban J connectivity index is 2.23. The standard InChI is InChI=1S/C12H18N4S/c1-4-8-6-9(8)16-11-10(13-12(16)17)7(3)14-15(11)5-2/h8-9H,4-6H2,1-3H3,(H,13,17). The van der Waals surface area contributed by atoms with Crippen molar-refractivity contribution >= 4 is 23.4 Å². The molecule has 1 aliphatic carbocycles. The van der Waals surface area contributed by atoms with E-state index in [1.165, 1.54) is 18.5 Å². The molecule has 0 aliphatic heterocycles. The molecule has 0 spiro atoms. The first-order chi connectivity index (χ1) is 8.17. The number of aromatic nitrogens is 4. The van der Waals surface area contributed by atoms with Crippen LogP contribution in [0, 0.1) is 17.6 Å². The van der Waals surface area contributed by atoms with Crippen molar-refractivity contribution in [2.75, 3.05) is 0 Å². The van der Waals surface area contributed by atoms with E-state index in [0.29, 0.717) is 6.04 Å². The van der Waals surface area contributed by atoms with Crippen LogP contribution in [0.5, 0.6) is 0 Å². The molecule has 3 rings (SSSR count). The molecule has 0 radical (unpaired) electrons. The highest BCUT2D eigenvalue weighted by Gasteiger charge is 2.39. The van der Waals surface area contributed by atoms with Crippen LogP contribution in [-0.4, -0.2) is 19.3 Å². The molecule has 2 atom stereocenters. The third-order valence-electron chi connectivity index (χ3n) is 3.82. The van der Waals surface area contributed by atoms with E-state index >= 15 is 0 Å². The topological polar surface area (TPSA) is 38.5 Å². The van der Waals surface area contributed by atoms with Gasteiger partial charge in [0.1, 0.15) is 5.52 Å². The summed E-state index contributed by atoms with van der Waals surface area (Å²) in [6, 6.07) is 0.586. The SMILES string of the molecule is CCC1CC1n1c(=S)[nH]c2c(C)nn(CC)c21. The summed E-state index contributed by atoms with van der Waals surface area (Å²) >= 11 is 5.46. The van der Waals surface area contributed by atoms with Crippen molar-refractivity contribution in [3.05, 3.63) is 10.5 Å². The Bertz CT molecular complexity index is 618. The molecule has 0 amide bonds. The highest BCUT2D eigenvalue weighted by atomic mass is 32.1. The quantitative estimate of drug-likeness (QED) is 0.850. The Morgan fingerprint density at radius 1 is 1.47 bits per heavy atom. The first kappa shape index (κ1) is 11.0. The van der Waals surface area contributed by atoms with Gasteiger partial charge in [0.2, 0.25) is 0 Å². The first-order valence-electron chi connectivity index (χ1n) is 6.35. The van der Waals surface area contributed by atoms with Crippen LogP contribution in [0.3, 0.4) is 0 Å². The number of nitrogens with one attached hydrogen (secondary N) is 1. The van der Waals surface area contributed by atoms with Crippen LogP contribution < -0.4 is 0 Å². The lowest BCUT2D eigenvalue weighted by Crippen LogP contribution is -2.04. The third kappa shape index (κ3) is 1.48. The maximum absolute atomic E-state index is 5.46. The summed E-state index contributed by atoms with van der Waals surface area (Å²) in [6.45, 7) is 7.30. The van der Waals surface area contributed by atoms with Crippen molar-refractivity contribution < 1.29 is 0 Å². The van der Waals surface area contributed by atoms with E-state index in [9.17, 15) is 0 Å². The molecule has 0 saturated heterocycles. The van der Waals surface area contributed by atoms with Crippen LogP contribution in [-0.2, 0) is 6.54 Å². The van der Waals surface area contributed by atoms with Gasteiger partial charge in [0.25, 0.3) is 0 Å². The lowest BCUT2D eigenvalue weighted by atomic mass is 10.3. The maximum atomic E-state index is 5.46. The number of rotatable bonds is 3. The minimum Gasteiger partial charge on any atom is -0.328 e. The number of fused-ring (bicyclic) bond motifs is 1. The zero-order valence-electron chi connectivity index (χ0n) is 10.5. The zero-order valence-corrected chi connectivity index (χ0v) is 11.3. The number of nitrogens with zero attached hydrogens (tertiary/aromatic N) is 3. The lowest BCUT2D eigenvalue weighted by molar-refractivity contribution is 0.603. The van der Waals surface area contributed by atoms with E-state index in [1.54, 1.807) is 0 Å². The van der Waals surface area contributed by atoms with Crippen molar-refractivity contribution in [1.82, 2.24) is 19.3 Å². The summed E-state index contributed by atoms with van der Waals surface area (Å²) < 4.78 is 5.19. The Labute approximate surface area is 106 Å². The van der Waals surface area contributed by atoms with Gasteiger partial charge in [-0.2, -0.15) is 5.10 Å². The summed E-state index contributed by atoms with van der Waals surface area (Å²) in [6.07, 6.45) is 2.49. The molecule has 1 fully saturated rings. The molecule has 0 aromatic carbocycles. The van der Waals surface area contributed by atoms with Crippen LogP contribution in [0.1, 0.15) is 38.4 Å². The van der Waals surface area contributed by atoms with E-state index in [2.05, 4.69) is 33.2 Å². The molecule has 1 aliphatic rings. The molecule has 1 N–H and O–H groups in total. The molecule has 4 nitrogen and oxygen atoms in total. The lowest BCUT2D eigenvalue weighted by Gasteiger charge is -2.04. The van der Waals surface area contributed by atoms with Gasteiger partial charge >= 0.3 is 0 Å². The van der Waals surface area contributed by atoms with Gasteiger partial charge in [-0.05, 0) is 38.4 Å². The van der Waals surface area contributed by atoms with E-state index in [1.807, 2.05) is 6.92 Å². The van der Waals surface area contributed by atoms with Crippen molar-refractivity contribution in [3.8, 4) is 0 Å². The number of H-pyrrole nitrogens is 1. The number of aromatic amines is 1. The first-order valence-corrected chi connectivity index (χ1v) is 6.75. The van der Waals surface area contributed by atoms with Crippen LogP contribution >= 0.6 is 12.2 Å². The Hall–Kier alpha value is -1.10. The smallest absolute Gasteiger partial charge is 0.179 e. The minimum absolute atomic E-state index is 0.586. The van der Waals surface area contributed by atoms with E-state index in [0.717, 1.165) is 28.4 Å². The fraction of sp³-hybridized carbons (Fsp3) is 0.667. The summed E-state index contributed by atoms with van der Waals surface area (Å²) in [5, 5.41) is 4.55. The highest BCUT2D eigenvalue weighted by molar-refractivity contribution is 7.71. The molecule has 92 valence electrons. The van der Waals surface area contributed by atoms with Gasteiger partial charge in [0.05, 0.1) is 5.69 Å². The Morgan fingerprint density at radius 2 is 2.24 bits per heavy atom. The van der Waals surface area contributed by atoms with E-state index in [4.69, 9.17) is 12.2 Å². The van der Waals surface area contributed by atoms with Gasteiger partial charge < -0.3 is 4.98 Å². The van der Waals surface area contributed by atoms with Crippen molar-refractivity contribution in [1.29, 1.82) is 0 Å². The van der Waals surface area contributed by atoms with Crippen LogP contribution in [0.15, 0.2) is 0 Å². The predicted octanol–water partition coefficient (Wildman–Crippen LogP) is 3.19. The average molecular weight is 250 g/mol. The summed E-state index contributed by atoms with van der Waals surface area (Å²) in [5.41, 5.74) is 3.33. The van der Waals surface area contributed by atoms with Gasteiger partial charge in [0, 0.05) is 12.6 Å². The van der Waals surface area contributed by atoms with Crippen molar-refractivity contribution in [3.63, 3.8) is 0 Å². The number of hydrogen-bond acceptors (Lipinski definition) is 2.